The lowest BCUT2D eigenvalue weighted by Crippen LogP contribution is -2.13. The van der Waals surface area contributed by atoms with Crippen LogP contribution in [-0.2, 0) is 0 Å². The summed E-state index contributed by atoms with van der Waals surface area (Å²) in [5, 5.41) is 21.9. The molecular formula is C14H7FIN3O3. The van der Waals surface area contributed by atoms with E-state index in [0.29, 0.717) is 3.57 Å². The van der Waals surface area contributed by atoms with Gasteiger partial charge in [-0.05, 0) is 46.9 Å². The Kier molecular flexibility index (Phi) is 4.67. The summed E-state index contributed by atoms with van der Waals surface area (Å²) in [4.78, 5) is 22.2. The number of non-ortho nitro benzene ring substituents is 1. The highest BCUT2D eigenvalue weighted by Gasteiger charge is 2.15. The Hall–Kier alpha value is -2.54. The van der Waals surface area contributed by atoms with Crippen molar-refractivity contribution in [2.45, 2.75) is 0 Å². The molecule has 110 valence electrons. The largest absolute Gasteiger partial charge is 0.322 e. The molecule has 0 aliphatic rings. The fraction of sp³-hybridized carbons (Fsp3) is 0. The van der Waals surface area contributed by atoms with E-state index in [1.807, 2.05) is 22.6 Å². The Morgan fingerprint density at radius 3 is 2.64 bits per heavy atom. The molecule has 0 unspecified atom stereocenters. The lowest BCUT2D eigenvalue weighted by molar-refractivity contribution is -0.384. The molecule has 0 atom stereocenters. The molecule has 6 nitrogen and oxygen atoms in total. The van der Waals surface area contributed by atoms with Crippen LogP contribution in [-0.4, -0.2) is 10.8 Å². The molecule has 0 saturated carbocycles. The Bertz CT molecular complexity index is 817. The SMILES string of the molecule is N#Cc1cc(NC(=O)c2ccc([N+](=O)[O-])cc2I)ccc1F. The first-order valence-electron chi connectivity index (χ1n) is 5.87. The van der Waals surface area contributed by atoms with Crippen molar-refractivity contribution in [3.05, 3.63) is 67.0 Å². The highest BCUT2D eigenvalue weighted by molar-refractivity contribution is 14.1. The van der Waals surface area contributed by atoms with Crippen LogP contribution in [0.15, 0.2) is 36.4 Å². The minimum Gasteiger partial charge on any atom is -0.322 e. The number of nitrogens with one attached hydrogen (secondary N) is 1. The maximum atomic E-state index is 13.2. The third kappa shape index (κ3) is 3.37. The number of nitrogens with zero attached hydrogens (tertiary/aromatic N) is 2. The molecule has 1 N–H and O–H groups in total. The minimum atomic E-state index is -0.676. The summed E-state index contributed by atoms with van der Waals surface area (Å²) < 4.78 is 13.6. The molecule has 0 bridgehead atoms. The van der Waals surface area contributed by atoms with Crippen LogP contribution in [0.4, 0.5) is 15.8 Å². The number of anilines is 1. The quantitative estimate of drug-likeness (QED) is 0.476. The summed E-state index contributed by atoms with van der Waals surface area (Å²) in [6.07, 6.45) is 0. The highest BCUT2D eigenvalue weighted by Crippen LogP contribution is 2.21. The van der Waals surface area contributed by atoms with Gasteiger partial charge >= 0.3 is 0 Å². The van der Waals surface area contributed by atoms with Gasteiger partial charge in [0.2, 0.25) is 0 Å². The maximum Gasteiger partial charge on any atom is 0.270 e. The lowest BCUT2D eigenvalue weighted by Gasteiger charge is -2.07. The first kappa shape index (κ1) is 15.8. The number of benzene rings is 2. The molecule has 8 heteroatoms. The normalized spacial score (nSPS) is 9.86. The van der Waals surface area contributed by atoms with Crippen LogP contribution in [0.5, 0.6) is 0 Å². The van der Waals surface area contributed by atoms with E-state index in [9.17, 15) is 19.3 Å². The molecule has 2 aromatic rings. The van der Waals surface area contributed by atoms with E-state index in [0.717, 1.165) is 6.07 Å². The highest BCUT2D eigenvalue weighted by atomic mass is 127. The number of hydrogen-bond acceptors (Lipinski definition) is 4. The zero-order chi connectivity index (χ0) is 16.3. The Balaban J connectivity index is 2.26. The van der Waals surface area contributed by atoms with Crippen molar-refractivity contribution in [1.29, 1.82) is 5.26 Å². The zero-order valence-electron chi connectivity index (χ0n) is 10.8. The molecule has 0 spiro atoms. The van der Waals surface area contributed by atoms with Crippen molar-refractivity contribution in [1.82, 2.24) is 0 Å². The second kappa shape index (κ2) is 6.48. The molecule has 0 radical (unpaired) electrons. The molecule has 0 fully saturated rings. The molecule has 0 aromatic heterocycles. The molecule has 2 rings (SSSR count). The number of rotatable bonds is 3. The van der Waals surface area contributed by atoms with E-state index in [4.69, 9.17) is 5.26 Å². The van der Waals surface area contributed by atoms with Gasteiger partial charge in [-0.3, -0.25) is 14.9 Å². The molecule has 0 aliphatic carbocycles. The Morgan fingerprint density at radius 2 is 2.05 bits per heavy atom. The van der Waals surface area contributed by atoms with Crippen LogP contribution in [0.1, 0.15) is 15.9 Å². The zero-order valence-corrected chi connectivity index (χ0v) is 13.0. The number of amides is 1. The summed E-state index contributed by atoms with van der Waals surface area (Å²) in [6.45, 7) is 0. The van der Waals surface area contributed by atoms with Gasteiger partial charge in [0.25, 0.3) is 11.6 Å². The van der Waals surface area contributed by atoms with Crippen molar-refractivity contribution in [2.75, 3.05) is 5.32 Å². The second-order valence-electron chi connectivity index (χ2n) is 4.18. The summed E-state index contributed by atoms with van der Waals surface area (Å²) in [7, 11) is 0. The predicted molar refractivity (Wildman–Crippen MR) is 84.9 cm³/mol. The van der Waals surface area contributed by atoms with Gasteiger partial charge in [0.05, 0.1) is 16.1 Å². The Labute approximate surface area is 137 Å². The van der Waals surface area contributed by atoms with Crippen molar-refractivity contribution < 1.29 is 14.1 Å². The third-order valence-corrected chi connectivity index (χ3v) is 3.65. The van der Waals surface area contributed by atoms with Gasteiger partial charge in [0.1, 0.15) is 11.9 Å². The van der Waals surface area contributed by atoms with E-state index >= 15 is 0 Å². The van der Waals surface area contributed by atoms with Crippen LogP contribution in [0.2, 0.25) is 0 Å². The number of nitriles is 1. The van der Waals surface area contributed by atoms with Crippen LogP contribution < -0.4 is 5.32 Å². The predicted octanol–water partition coefficient (Wildman–Crippen LogP) is 3.46. The van der Waals surface area contributed by atoms with Gasteiger partial charge in [0, 0.05) is 21.4 Å². The second-order valence-corrected chi connectivity index (χ2v) is 5.34. The standard InChI is InChI=1S/C14H7FIN3O3/c15-12-4-1-9(5-8(12)7-17)18-14(20)11-3-2-10(19(21)22)6-13(11)16/h1-6H,(H,18,20). The molecule has 2 aromatic carbocycles. The minimum absolute atomic E-state index is 0.116. The third-order valence-electron chi connectivity index (χ3n) is 2.75. The van der Waals surface area contributed by atoms with E-state index in [-0.39, 0.29) is 22.5 Å². The van der Waals surface area contributed by atoms with E-state index < -0.39 is 16.6 Å². The molecule has 22 heavy (non-hydrogen) atoms. The topological polar surface area (TPSA) is 96.0 Å². The summed E-state index contributed by atoms with van der Waals surface area (Å²) in [5.74, 6) is -1.18. The van der Waals surface area contributed by atoms with Crippen LogP contribution >= 0.6 is 22.6 Å². The summed E-state index contributed by atoms with van der Waals surface area (Å²) in [5.41, 5.74) is 0.205. The van der Waals surface area contributed by atoms with Gasteiger partial charge in [-0.15, -0.1) is 0 Å². The van der Waals surface area contributed by atoms with Crippen LogP contribution in [0.3, 0.4) is 0 Å². The fourth-order valence-corrected chi connectivity index (χ4v) is 2.43. The van der Waals surface area contributed by atoms with Gasteiger partial charge in [0.15, 0.2) is 0 Å². The fourth-order valence-electron chi connectivity index (χ4n) is 1.69. The Morgan fingerprint density at radius 1 is 1.32 bits per heavy atom. The van der Waals surface area contributed by atoms with Gasteiger partial charge in [-0.1, -0.05) is 0 Å². The number of nitro benzene ring substituents is 1. The van der Waals surface area contributed by atoms with Crippen LogP contribution in [0.25, 0.3) is 0 Å². The number of nitro groups is 1. The van der Waals surface area contributed by atoms with E-state index in [1.165, 1.54) is 30.3 Å². The van der Waals surface area contributed by atoms with E-state index in [1.54, 1.807) is 6.07 Å². The van der Waals surface area contributed by atoms with Crippen LogP contribution in [0, 0.1) is 30.8 Å². The summed E-state index contributed by atoms with van der Waals surface area (Å²) >= 11 is 1.82. The molecule has 0 aliphatic heterocycles. The summed E-state index contributed by atoms with van der Waals surface area (Å²) in [6, 6.07) is 9.14. The molecule has 1 amide bonds. The maximum absolute atomic E-state index is 13.2. The molecular weight excluding hydrogens is 404 g/mol. The smallest absolute Gasteiger partial charge is 0.270 e. The van der Waals surface area contributed by atoms with Crippen molar-refractivity contribution in [3.63, 3.8) is 0 Å². The average Bonchev–Trinajstić information content (AvgIpc) is 2.48. The number of hydrogen-bond donors (Lipinski definition) is 1. The molecule has 0 saturated heterocycles. The van der Waals surface area contributed by atoms with Crippen molar-refractivity contribution in [2.24, 2.45) is 0 Å². The number of carbonyl (C=O) groups excluding carboxylic acids is 1. The van der Waals surface area contributed by atoms with Crippen molar-refractivity contribution in [3.8, 4) is 6.07 Å². The van der Waals surface area contributed by atoms with Gasteiger partial charge in [-0.25, -0.2) is 4.39 Å². The average molecular weight is 411 g/mol. The first-order chi connectivity index (χ1) is 10.4. The molecule has 0 heterocycles. The monoisotopic (exact) mass is 411 g/mol. The van der Waals surface area contributed by atoms with Gasteiger partial charge in [-0.2, -0.15) is 5.26 Å². The first-order valence-corrected chi connectivity index (χ1v) is 6.95. The number of carbonyl (C=O) groups is 1. The van der Waals surface area contributed by atoms with Gasteiger partial charge < -0.3 is 5.32 Å². The van der Waals surface area contributed by atoms with Crippen molar-refractivity contribution >= 4 is 39.9 Å². The van der Waals surface area contributed by atoms with E-state index in [2.05, 4.69) is 5.32 Å². The lowest BCUT2D eigenvalue weighted by atomic mass is 10.1. The number of halogens is 2.